The van der Waals surface area contributed by atoms with Gasteiger partial charge in [-0.3, -0.25) is 0 Å². The van der Waals surface area contributed by atoms with E-state index in [1.54, 1.807) is 0 Å². The Kier molecular flexibility index (Phi) is 6.91. The molecule has 6 heteroatoms. The van der Waals surface area contributed by atoms with Gasteiger partial charge in [-0.05, 0) is 74.1 Å². The molecular formula is C29H30N4O2. The summed E-state index contributed by atoms with van der Waals surface area (Å²) >= 11 is 0. The molecule has 6 nitrogen and oxygen atoms in total. The molecule has 1 atom stereocenters. The average Bonchev–Trinajstić information content (AvgIpc) is 3.58. The van der Waals surface area contributed by atoms with Crippen molar-refractivity contribution in [3.05, 3.63) is 95.9 Å². The Morgan fingerprint density at radius 1 is 0.943 bits per heavy atom. The van der Waals surface area contributed by atoms with Gasteiger partial charge in [-0.25, -0.2) is 0 Å². The Hall–Kier alpha value is -3.90. The molecule has 0 radical (unpaired) electrons. The van der Waals surface area contributed by atoms with Crippen molar-refractivity contribution in [2.75, 3.05) is 32.1 Å². The molecular weight excluding hydrogens is 436 g/mol. The highest BCUT2D eigenvalue weighted by Crippen LogP contribution is 2.26. The zero-order valence-electron chi connectivity index (χ0n) is 20.2. The number of hydrogen-bond acceptors (Lipinski definition) is 6. The minimum atomic E-state index is 0.474. The molecule has 2 heterocycles. The van der Waals surface area contributed by atoms with Gasteiger partial charge in [-0.2, -0.15) is 0 Å². The molecule has 5 rings (SSSR count). The van der Waals surface area contributed by atoms with E-state index in [1.165, 1.54) is 12.1 Å². The number of anilines is 1. The molecule has 0 spiro atoms. The van der Waals surface area contributed by atoms with Crippen LogP contribution in [0.2, 0.25) is 0 Å². The van der Waals surface area contributed by atoms with Gasteiger partial charge in [0.1, 0.15) is 12.4 Å². The van der Waals surface area contributed by atoms with Crippen molar-refractivity contribution in [3.8, 4) is 17.2 Å². The molecule has 0 N–H and O–H groups in total. The van der Waals surface area contributed by atoms with E-state index in [9.17, 15) is 0 Å². The van der Waals surface area contributed by atoms with Gasteiger partial charge < -0.3 is 19.0 Å². The maximum absolute atomic E-state index is 5.86. The van der Waals surface area contributed by atoms with E-state index < -0.39 is 0 Å². The fourth-order valence-electron chi connectivity index (χ4n) is 4.21. The minimum absolute atomic E-state index is 0.474. The van der Waals surface area contributed by atoms with Crippen molar-refractivity contribution in [1.82, 2.24) is 15.1 Å². The van der Waals surface area contributed by atoms with Gasteiger partial charge in [0.15, 0.2) is 0 Å². The molecule has 0 aliphatic carbocycles. The fraction of sp³-hybridized carbons (Fsp3) is 0.241. The van der Waals surface area contributed by atoms with Crippen LogP contribution in [-0.2, 0) is 6.61 Å². The van der Waals surface area contributed by atoms with Crippen LogP contribution in [0.5, 0.6) is 5.75 Å². The lowest BCUT2D eigenvalue weighted by Crippen LogP contribution is -2.31. The second kappa shape index (κ2) is 10.6. The number of nitrogens with zero attached hydrogens (tertiary/aromatic N) is 4. The van der Waals surface area contributed by atoms with Gasteiger partial charge >= 0.3 is 0 Å². The molecule has 4 aromatic rings. The Bertz CT molecular complexity index is 1250. The standard InChI is InChI=1S/C29H30N4O2/c1-32(2)26-18-19-33(20-26)25-13-11-24(12-14-25)29-31-30-28(35-29)17-10-22-8-15-27(16-9-22)34-21-23-6-4-3-5-7-23/h3-17,26H,18-21H2,1-2H3/b17-10+. The number of rotatable bonds is 8. The van der Waals surface area contributed by atoms with E-state index in [0.29, 0.717) is 24.4 Å². The first-order valence-electron chi connectivity index (χ1n) is 11.9. The van der Waals surface area contributed by atoms with Crippen LogP contribution >= 0.6 is 0 Å². The van der Waals surface area contributed by atoms with Crippen LogP contribution in [0, 0.1) is 0 Å². The van der Waals surface area contributed by atoms with E-state index >= 15 is 0 Å². The predicted octanol–water partition coefficient (Wildman–Crippen LogP) is 5.63. The predicted molar refractivity (Wildman–Crippen MR) is 140 cm³/mol. The summed E-state index contributed by atoms with van der Waals surface area (Å²) in [5, 5.41) is 8.39. The average molecular weight is 467 g/mol. The summed E-state index contributed by atoms with van der Waals surface area (Å²) in [6.07, 6.45) is 4.98. The smallest absolute Gasteiger partial charge is 0.248 e. The molecule has 0 bridgehead atoms. The van der Waals surface area contributed by atoms with Gasteiger partial charge in [0.2, 0.25) is 11.8 Å². The summed E-state index contributed by atoms with van der Waals surface area (Å²) < 4.78 is 11.7. The topological polar surface area (TPSA) is 54.6 Å². The highest BCUT2D eigenvalue weighted by Gasteiger charge is 2.24. The van der Waals surface area contributed by atoms with Gasteiger partial charge in [0, 0.05) is 36.5 Å². The normalized spacial score (nSPS) is 15.9. The molecule has 1 saturated heterocycles. The monoisotopic (exact) mass is 466 g/mol. The SMILES string of the molecule is CN(C)C1CCN(c2ccc(-c3nnc(/C=C/c4ccc(OCc5ccccc5)cc4)o3)cc2)C1. The maximum Gasteiger partial charge on any atom is 0.248 e. The molecule has 1 aliphatic heterocycles. The highest BCUT2D eigenvalue weighted by molar-refractivity contribution is 5.67. The Morgan fingerprint density at radius 3 is 2.43 bits per heavy atom. The van der Waals surface area contributed by atoms with Crippen molar-refractivity contribution in [2.45, 2.75) is 19.1 Å². The fourth-order valence-corrected chi connectivity index (χ4v) is 4.21. The molecule has 1 aromatic heterocycles. The molecule has 1 unspecified atom stereocenters. The van der Waals surface area contributed by atoms with Gasteiger partial charge in [-0.15, -0.1) is 10.2 Å². The van der Waals surface area contributed by atoms with Crippen LogP contribution in [0.1, 0.15) is 23.4 Å². The van der Waals surface area contributed by atoms with E-state index in [4.69, 9.17) is 9.15 Å². The first-order chi connectivity index (χ1) is 17.1. The lowest BCUT2D eigenvalue weighted by Gasteiger charge is -2.21. The van der Waals surface area contributed by atoms with E-state index in [-0.39, 0.29) is 0 Å². The minimum Gasteiger partial charge on any atom is -0.489 e. The van der Waals surface area contributed by atoms with Crippen LogP contribution in [0.25, 0.3) is 23.6 Å². The third-order valence-electron chi connectivity index (χ3n) is 6.36. The Labute approximate surface area is 206 Å². The molecule has 35 heavy (non-hydrogen) atoms. The number of ether oxygens (including phenoxy) is 1. The zero-order chi connectivity index (χ0) is 24.0. The van der Waals surface area contributed by atoms with Crippen LogP contribution in [-0.4, -0.2) is 48.3 Å². The van der Waals surface area contributed by atoms with Crippen molar-refractivity contribution >= 4 is 17.8 Å². The second-order valence-corrected chi connectivity index (χ2v) is 9.02. The third kappa shape index (κ3) is 5.78. The van der Waals surface area contributed by atoms with Gasteiger partial charge in [0.25, 0.3) is 0 Å². The van der Waals surface area contributed by atoms with Crippen LogP contribution in [0.15, 0.2) is 83.3 Å². The first kappa shape index (κ1) is 22.9. The molecule has 3 aromatic carbocycles. The van der Waals surface area contributed by atoms with Crippen LogP contribution in [0.3, 0.4) is 0 Å². The number of likely N-dealkylation sites (N-methyl/N-ethyl adjacent to an activating group) is 1. The molecule has 1 aliphatic rings. The molecule has 178 valence electrons. The summed E-state index contributed by atoms with van der Waals surface area (Å²) in [7, 11) is 4.30. The summed E-state index contributed by atoms with van der Waals surface area (Å²) in [5.74, 6) is 1.83. The Morgan fingerprint density at radius 2 is 1.71 bits per heavy atom. The quantitative estimate of drug-likeness (QED) is 0.336. The van der Waals surface area contributed by atoms with Gasteiger partial charge in [-0.1, -0.05) is 42.5 Å². The second-order valence-electron chi connectivity index (χ2n) is 9.02. The van der Waals surface area contributed by atoms with Crippen molar-refractivity contribution in [1.29, 1.82) is 0 Å². The lowest BCUT2D eigenvalue weighted by atomic mass is 10.2. The van der Waals surface area contributed by atoms with Crippen molar-refractivity contribution < 1.29 is 9.15 Å². The largest absolute Gasteiger partial charge is 0.489 e. The summed E-state index contributed by atoms with van der Waals surface area (Å²) in [4.78, 5) is 4.73. The summed E-state index contributed by atoms with van der Waals surface area (Å²) in [5.41, 5.74) is 4.33. The summed E-state index contributed by atoms with van der Waals surface area (Å²) in [6, 6.07) is 27.0. The zero-order valence-corrected chi connectivity index (χ0v) is 20.2. The number of hydrogen-bond donors (Lipinski definition) is 0. The van der Waals surface area contributed by atoms with E-state index in [2.05, 4.69) is 58.4 Å². The summed E-state index contributed by atoms with van der Waals surface area (Å²) in [6.45, 7) is 2.69. The number of benzene rings is 3. The van der Waals surface area contributed by atoms with E-state index in [0.717, 1.165) is 35.5 Å². The maximum atomic E-state index is 5.86. The van der Waals surface area contributed by atoms with E-state index in [1.807, 2.05) is 66.7 Å². The van der Waals surface area contributed by atoms with Crippen molar-refractivity contribution in [3.63, 3.8) is 0 Å². The Balaban J connectivity index is 1.17. The number of aromatic nitrogens is 2. The van der Waals surface area contributed by atoms with Gasteiger partial charge in [0.05, 0.1) is 0 Å². The molecule has 0 amide bonds. The molecule has 1 fully saturated rings. The first-order valence-corrected chi connectivity index (χ1v) is 11.9. The highest BCUT2D eigenvalue weighted by atomic mass is 16.5. The lowest BCUT2D eigenvalue weighted by molar-refractivity contribution is 0.306. The van der Waals surface area contributed by atoms with Crippen molar-refractivity contribution in [2.24, 2.45) is 0 Å². The van der Waals surface area contributed by atoms with Crippen LogP contribution in [0.4, 0.5) is 5.69 Å². The van der Waals surface area contributed by atoms with Crippen LogP contribution < -0.4 is 9.64 Å². The third-order valence-corrected chi connectivity index (χ3v) is 6.36. The molecule has 0 saturated carbocycles.